The first-order chi connectivity index (χ1) is 15.4. The van der Waals surface area contributed by atoms with Gasteiger partial charge in [0.15, 0.2) is 0 Å². The molecule has 0 spiro atoms. The molecule has 0 aliphatic heterocycles. The monoisotopic (exact) mass is 463 g/mol. The predicted octanol–water partition coefficient (Wildman–Crippen LogP) is 7.90. The lowest BCUT2D eigenvalue weighted by Gasteiger charge is -2.19. The largest absolute Gasteiger partial charge is 0.457 e. The topological polar surface area (TPSA) is 38.3 Å². The highest BCUT2D eigenvalue weighted by Gasteiger charge is 2.15. The van der Waals surface area contributed by atoms with Crippen LogP contribution in [0.25, 0.3) is 0 Å². The Labute approximate surface area is 203 Å². The Hall–Kier alpha value is -2.78. The Bertz CT molecular complexity index is 1090. The molecule has 3 aromatic rings. The number of benzene rings is 3. The number of nitrogens with one attached hydrogen (secondary N) is 1. The van der Waals surface area contributed by atoms with Crippen LogP contribution in [-0.2, 0) is 28.7 Å². The fourth-order valence-electron chi connectivity index (χ4n) is 3.44. The predicted molar refractivity (Wildman–Crippen MR) is 138 cm³/mol. The van der Waals surface area contributed by atoms with Crippen LogP contribution in [0.15, 0.2) is 66.7 Å². The lowest BCUT2D eigenvalue weighted by Crippen LogP contribution is -2.11. The fraction of sp³-hybridized carbons (Fsp3) is 0.345. The Balaban J connectivity index is 1.61. The maximum atomic E-state index is 12.6. The van der Waals surface area contributed by atoms with Crippen molar-refractivity contribution in [2.24, 2.45) is 0 Å². The van der Waals surface area contributed by atoms with E-state index in [-0.39, 0.29) is 23.4 Å². The molecule has 0 radical (unpaired) electrons. The van der Waals surface area contributed by atoms with E-state index in [1.807, 2.05) is 12.1 Å². The van der Waals surface area contributed by atoms with Crippen molar-refractivity contribution in [2.75, 3.05) is 5.32 Å². The van der Waals surface area contributed by atoms with Gasteiger partial charge in [0.05, 0.1) is 16.3 Å². The molecule has 3 rings (SSSR count). The molecule has 174 valence electrons. The number of esters is 1. The zero-order chi connectivity index (χ0) is 24.2. The summed E-state index contributed by atoms with van der Waals surface area (Å²) < 4.78 is 5.53. The van der Waals surface area contributed by atoms with E-state index < -0.39 is 0 Å². The Morgan fingerprint density at radius 3 is 1.82 bits per heavy atom. The van der Waals surface area contributed by atoms with E-state index in [2.05, 4.69) is 83.3 Å². The van der Waals surface area contributed by atoms with Crippen molar-refractivity contribution >= 4 is 23.3 Å². The van der Waals surface area contributed by atoms with Crippen LogP contribution < -0.4 is 5.32 Å². The summed E-state index contributed by atoms with van der Waals surface area (Å²) in [5.74, 6) is -0.371. The van der Waals surface area contributed by atoms with Crippen LogP contribution in [0.3, 0.4) is 0 Å². The first-order valence-electron chi connectivity index (χ1n) is 11.3. The zero-order valence-corrected chi connectivity index (χ0v) is 21.2. The van der Waals surface area contributed by atoms with Crippen LogP contribution in [0.1, 0.15) is 74.2 Å². The van der Waals surface area contributed by atoms with Gasteiger partial charge in [0.2, 0.25) is 0 Å². The van der Waals surface area contributed by atoms with E-state index in [4.69, 9.17) is 16.3 Å². The highest BCUT2D eigenvalue weighted by atomic mass is 35.5. The Morgan fingerprint density at radius 2 is 1.30 bits per heavy atom. The van der Waals surface area contributed by atoms with Crippen molar-refractivity contribution < 1.29 is 9.53 Å². The number of rotatable bonds is 6. The Morgan fingerprint density at radius 1 is 0.788 bits per heavy atom. The maximum absolute atomic E-state index is 12.6. The van der Waals surface area contributed by atoms with Gasteiger partial charge >= 0.3 is 5.97 Å². The number of halogens is 1. The number of carbonyl (C=O) groups excluding carboxylic acids is 1. The molecule has 0 aliphatic rings. The number of ether oxygens (including phenoxy) is 1. The van der Waals surface area contributed by atoms with Gasteiger partial charge in [0.1, 0.15) is 6.61 Å². The lowest BCUT2D eigenvalue weighted by molar-refractivity contribution is 0.0472. The van der Waals surface area contributed by atoms with Gasteiger partial charge in [-0.05, 0) is 51.3 Å². The molecule has 33 heavy (non-hydrogen) atoms. The molecule has 0 aromatic heterocycles. The van der Waals surface area contributed by atoms with Crippen molar-refractivity contribution in [2.45, 2.75) is 65.5 Å². The molecular formula is C29H34ClNO2. The van der Waals surface area contributed by atoms with Crippen LogP contribution in [-0.4, -0.2) is 5.97 Å². The van der Waals surface area contributed by atoms with Crippen molar-refractivity contribution in [3.05, 3.63) is 99.6 Å². The van der Waals surface area contributed by atoms with Crippen LogP contribution >= 0.6 is 11.6 Å². The molecule has 0 saturated carbocycles. The Kier molecular flexibility index (Phi) is 7.54. The number of anilines is 1. The molecule has 4 heteroatoms. The van der Waals surface area contributed by atoms with Gasteiger partial charge < -0.3 is 10.1 Å². The molecule has 0 heterocycles. The SMILES string of the molecule is CC(C)(C)c1ccc(CNc2cc(C(=O)OCc3ccc(C(C)(C)C)cc3)ccc2Cl)cc1. The fourth-order valence-corrected chi connectivity index (χ4v) is 3.63. The van der Waals surface area contributed by atoms with Crippen LogP contribution in [0.5, 0.6) is 0 Å². The second-order valence-electron chi connectivity index (χ2n) is 10.5. The van der Waals surface area contributed by atoms with Crippen molar-refractivity contribution in [1.82, 2.24) is 0 Å². The van der Waals surface area contributed by atoms with Gasteiger partial charge in [-0.1, -0.05) is 102 Å². The number of carbonyl (C=O) groups is 1. The second kappa shape index (κ2) is 10.0. The molecule has 3 nitrogen and oxygen atoms in total. The summed E-state index contributed by atoms with van der Waals surface area (Å²) in [5.41, 5.74) is 6.04. The molecule has 3 aromatic carbocycles. The third kappa shape index (κ3) is 6.85. The summed E-state index contributed by atoms with van der Waals surface area (Å²) in [6.45, 7) is 14.0. The average Bonchev–Trinajstić information content (AvgIpc) is 2.76. The van der Waals surface area contributed by atoms with Crippen molar-refractivity contribution in [1.29, 1.82) is 0 Å². The average molecular weight is 464 g/mol. The van der Waals surface area contributed by atoms with Gasteiger partial charge in [0.25, 0.3) is 0 Å². The van der Waals surface area contributed by atoms with E-state index in [1.54, 1.807) is 18.2 Å². The summed E-state index contributed by atoms with van der Waals surface area (Å²) in [6.07, 6.45) is 0. The normalized spacial score (nSPS) is 11.8. The van der Waals surface area contributed by atoms with Gasteiger partial charge in [0, 0.05) is 6.54 Å². The van der Waals surface area contributed by atoms with Gasteiger partial charge in [-0.2, -0.15) is 0 Å². The van der Waals surface area contributed by atoms with Crippen molar-refractivity contribution in [3.63, 3.8) is 0 Å². The third-order valence-electron chi connectivity index (χ3n) is 5.69. The molecule has 0 saturated heterocycles. The van der Waals surface area contributed by atoms with E-state index in [9.17, 15) is 4.79 Å². The minimum Gasteiger partial charge on any atom is -0.457 e. The van der Waals surface area contributed by atoms with Crippen LogP contribution in [0.4, 0.5) is 5.69 Å². The van der Waals surface area contributed by atoms with E-state index in [0.29, 0.717) is 22.8 Å². The number of hydrogen-bond donors (Lipinski definition) is 1. The summed E-state index contributed by atoms with van der Waals surface area (Å²) in [4.78, 5) is 12.6. The van der Waals surface area contributed by atoms with Crippen molar-refractivity contribution in [3.8, 4) is 0 Å². The summed E-state index contributed by atoms with van der Waals surface area (Å²) in [7, 11) is 0. The second-order valence-corrected chi connectivity index (χ2v) is 10.9. The quantitative estimate of drug-likeness (QED) is 0.377. The minimum atomic E-state index is -0.371. The van der Waals surface area contributed by atoms with Crippen LogP contribution in [0, 0.1) is 0 Å². The summed E-state index contributed by atoms with van der Waals surface area (Å²) in [6, 6.07) is 21.9. The third-order valence-corrected chi connectivity index (χ3v) is 6.02. The van der Waals surface area contributed by atoms with Gasteiger partial charge in [-0.15, -0.1) is 0 Å². The molecule has 0 bridgehead atoms. The molecule has 0 atom stereocenters. The van der Waals surface area contributed by atoms with E-state index in [0.717, 1.165) is 11.1 Å². The zero-order valence-electron chi connectivity index (χ0n) is 20.5. The van der Waals surface area contributed by atoms with E-state index >= 15 is 0 Å². The molecule has 0 amide bonds. The standard InChI is InChI=1S/C29H34ClNO2/c1-28(2,3)23-12-7-20(8-13-23)18-31-26-17-22(11-16-25(26)30)27(32)33-19-21-9-14-24(15-10-21)29(4,5)6/h7-17,31H,18-19H2,1-6H3. The summed E-state index contributed by atoms with van der Waals surface area (Å²) in [5, 5.41) is 3.90. The maximum Gasteiger partial charge on any atom is 0.338 e. The van der Waals surface area contributed by atoms with Gasteiger partial charge in [-0.3, -0.25) is 0 Å². The molecule has 0 unspecified atom stereocenters. The lowest BCUT2D eigenvalue weighted by atomic mass is 9.87. The first kappa shape index (κ1) is 24.9. The van der Waals surface area contributed by atoms with Crippen LogP contribution in [0.2, 0.25) is 5.02 Å². The minimum absolute atomic E-state index is 0.0938. The molecule has 0 aliphatic carbocycles. The van der Waals surface area contributed by atoms with Gasteiger partial charge in [-0.25, -0.2) is 4.79 Å². The highest BCUT2D eigenvalue weighted by Crippen LogP contribution is 2.26. The summed E-state index contributed by atoms with van der Waals surface area (Å²) >= 11 is 6.36. The molecule has 0 fully saturated rings. The van der Waals surface area contributed by atoms with E-state index in [1.165, 1.54) is 11.1 Å². The molecule has 1 N–H and O–H groups in total. The first-order valence-corrected chi connectivity index (χ1v) is 11.7. The number of hydrogen-bond acceptors (Lipinski definition) is 3. The molecular weight excluding hydrogens is 430 g/mol. The highest BCUT2D eigenvalue weighted by molar-refractivity contribution is 6.33. The smallest absolute Gasteiger partial charge is 0.338 e.